The Morgan fingerprint density at radius 3 is 2.84 bits per heavy atom. The van der Waals surface area contributed by atoms with E-state index in [-0.39, 0.29) is 11.6 Å². The van der Waals surface area contributed by atoms with Crippen molar-refractivity contribution in [2.24, 2.45) is 0 Å². The maximum atomic E-state index is 13.3. The number of aromatic nitrogens is 2. The number of amides is 1. The normalized spacial score (nSPS) is 12.2. The Hall–Kier alpha value is -2.15. The number of H-pyrrole nitrogens is 1. The lowest BCUT2D eigenvalue weighted by Crippen LogP contribution is -2.22. The second kappa shape index (κ2) is 5.23. The number of halogens is 3. The van der Waals surface area contributed by atoms with Crippen molar-refractivity contribution in [2.45, 2.75) is 0 Å². The van der Waals surface area contributed by atoms with Crippen LogP contribution in [0.1, 0.15) is 5.56 Å². The summed E-state index contributed by atoms with van der Waals surface area (Å²) in [6.07, 6.45) is -0.697. The summed E-state index contributed by atoms with van der Waals surface area (Å²) in [5.41, 5.74) is 0.769. The van der Waals surface area contributed by atoms with Crippen molar-refractivity contribution in [1.29, 1.82) is 0 Å². The number of carbonyl (C=O) groups excluding carboxylic acids is 1. The van der Waals surface area contributed by atoms with Crippen molar-refractivity contribution in [3.63, 3.8) is 0 Å². The number of hydrogen-bond acceptors (Lipinski definition) is 3. The molecule has 0 aliphatic rings. The van der Waals surface area contributed by atoms with Crippen LogP contribution in [-0.2, 0) is 0 Å². The van der Waals surface area contributed by atoms with Gasteiger partial charge >= 0.3 is 12.1 Å². The number of nitrogens with zero attached hydrogens (tertiary/aromatic N) is 1. The molecule has 1 aromatic heterocycles. The molecule has 100 valence electrons. The van der Waals surface area contributed by atoms with Gasteiger partial charge in [0.25, 0.3) is 0 Å². The first-order chi connectivity index (χ1) is 9.01. The maximum Gasteiger partial charge on any atom is 0.414 e. The van der Waals surface area contributed by atoms with Crippen LogP contribution < -0.4 is 10.1 Å². The third-order valence-corrected chi connectivity index (χ3v) is 2.44. The Morgan fingerprint density at radius 1 is 1.47 bits per heavy atom. The molecule has 0 unspecified atom stereocenters. The number of nitrogens with one attached hydrogen (secondary N) is 2. The number of carbonyl (C=O) groups is 1. The Kier molecular flexibility index (Phi) is 3.66. The molecular formula is C11H8ClF2N3O2. The fraction of sp³-hybridized carbons (Fsp3) is 0.0909. The summed E-state index contributed by atoms with van der Waals surface area (Å²) in [4.78, 5) is 17.6. The van der Waals surface area contributed by atoms with Crippen LogP contribution in [-0.4, -0.2) is 23.1 Å². The third-order valence-electron chi connectivity index (χ3n) is 2.27. The smallest absolute Gasteiger partial charge is 0.375 e. The molecule has 0 radical (unpaired) electrons. The van der Waals surface area contributed by atoms with E-state index in [2.05, 4.69) is 15.3 Å². The first kappa shape index (κ1) is 13.3. The maximum absolute atomic E-state index is 13.3. The van der Waals surface area contributed by atoms with Gasteiger partial charge in [-0.25, -0.2) is 9.18 Å². The van der Waals surface area contributed by atoms with E-state index in [0.29, 0.717) is 11.0 Å². The van der Waals surface area contributed by atoms with Gasteiger partial charge in [0.1, 0.15) is 0 Å². The summed E-state index contributed by atoms with van der Waals surface area (Å²) in [7, 11) is 1.40. The van der Waals surface area contributed by atoms with E-state index in [0.717, 1.165) is 0 Å². The van der Waals surface area contributed by atoms with E-state index in [4.69, 9.17) is 16.3 Å². The average Bonchev–Trinajstić information content (AvgIpc) is 2.78. The highest BCUT2D eigenvalue weighted by Crippen LogP contribution is 2.26. The van der Waals surface area contributed by atoms with E-state index < -0.39 is 17.2 Å². The Bertz CT molecular complexity index is 665. The Labute approximate surface area is 111 Å². The summed E-state index contributed by atoms with van der Waals surface area (Å²) in [6.45, 7) is 0. The molecule has 5 nitrogen and oxygen atoms in total. The van der Waals surface area contributed by atoms with E-state index in [1.165, 1.54) is 25.2 Å². The van der Waals surface area contributed by atoms with E-state index >= 15 is 0 Å². The predicted octanol–water partition coefficient (Wildman–Crippen LogP) is 3.09. The van der Waals surface area contributed by atoms with Gasteiger partial charge in [-0.05, 0) is 29.8 Å². The fourth-order valence-electron chi connectivity index (χ4n) is 1.42. The van der Waals surface area contributed by atoms with Gasteiger partial charge in [0.2, 0.25) is 5.29 Å². The topological polar surface area (TPSA) is 67.0 Å². The van der Waals surface area contributed by atoms with Gasteiger partial charge in [0, 0.05) is 12.6 Å². The van der Waals surface area contributed by atoms with Gasteiger partial charge in [0.05, 0.1) is 11.0 Å². The molecule has 0 bridgehead atoms. The number of imidazole rings is 1. The van der Waals surface area contributed by atoms with Crippen LogP contribution in [0.4, 0.5) is 13.6 Å². The highest BCUT2D eigenvalue weighted by atomic mass is 35.5. The Balaban J connectivity index is 2.39. The van der Waals surface area contributed by atoms with Gasteiger partial charge < -0.3 is 15.0 Å². The molecule has 2 rings (SSSR count). The minimum Gasteiger partial charge on any atom is -0.375 e. The summed E-state index contributed by atoms with van der Waals surface area (Å²) in [5, 5.41) is 0.817. The zero-order valence-electron chi connectivity index (χ0n) is 9.63. The largest absolute Gasteiger partial charge is 0.414 e. The predicted molar refractivity (Wildman–Crippen MR) is 66.2 cm³/mol. The molecular weight excluding hydrogens is 280 g/mol. The number of benzene rings is 1. The molecule has 1 heterocycles. The van der Waals surface area contributed by atoms with Gasteiger partial charge in [-0.1, -0.05) is 0 Å². The van der Waals surface area contributed by atoms with Gasteiger partial charge in [-0.3, -0.25) is 0 Å². The SMILES string of the molecule is CNC(=O)Oc1nc2ccc(C(F)=C(F)Cl)cc2[nH]1. The first-order valence-corrected chi connectivity index (χ1v) is 5.49. The molecule has 2 N–H and O–H groups in total. The molecule has 1 aromatic carbocycles. The Morgan fingerprint density at radius 2 is 2.21 bits per heavy atom. The molecule has 0 saturated carbocycles. The first-order valence-electron chi connectivity index (χ1n) is 5.11. The molecule has 0 atom stereocenters. The van der Waals surface area contributed by atoms with E-state index in [9.17, 15) is 13.6 Å². The van der Waals surface area contributed by atoms with Crippen LogP contribution in [0, 0.1) is 0 Å². The fourth-order valence-corrected chi connectivity index (χ4v) is 1.53. The second-order valence-electron chi connectivity index (χ2n) is 3.49. The summed E-state index contributed by atoms with van der Waals surface area (Å²) >= 11 is 4.94. The van der Waals surface area contributed by atoms with Gasteiger partial charge in [-0.15, -0.1) is 0 Å². The molecule has 0 spiro atoms. The number of fused-ring (bicyclic) bond motifs is 1. The molecule has 1 amide bonds. The minimum absolute atomic E-state index is 0.0462. The zero-order valence-corrected chi connectivity index (χ0v) is 10.4. The standard InChI is InChI=1S/C11H8ClF2N3O2/c1-15-11(18)19-10-16-6-3-2-5(4-7(6)17-10)8(13)9(12)14/h2-4H,1H3,(H,15,18)(H,16,17). The van der Waals surface area contributed by atoms with Crippen molar-refractivity contribution in [1.82, 2.24) is 15.3 Å². The van der Waals surface area contributed by atoms with E-state index in [1.807, 2.05) is 0 Å². The van der Waals surface area contributed by atoms with Gasteiger partial charge in [-0.2, -0.15) is 9.37 Å². The minimum atomic E-state index is -1.43. The number of aromatic amines is 1. The third kappa shape index (κ3) is 2.82. The molecule has 0 aliphatic carbocycles. The zero-order chi connectivity index (χ0) is 14.0. The monoisotopic (exact) mass is 287 g/mol. The number of hydrogen-bond donors (Lipinski definition) is 2. The van der Waals surface area contributed by atoms with Crippen molar-refractivity contribution in [3.8, 4) is 6.01 Å². The molecule has 0 saturated heterocycles. The van der Waals surface area contributed by atoms with Crippen LogP contribution in [0.2, 0.25) is 0 Å². The molecule has 19 heavy (non-hydrogen) atoms. The van der Waals surface area contributed by atoms with Crippen molar-refractivity contribution in [2.75, 3.05) is 7.05 Å². The van der Waals surface area contributed by atoms with Crippen LogP contribution in [0.3, 0.4) is 0 Å². The van der Waals surface area contributed by atoms with Crippen LogP contribution >= 0.6 is 11.6 Å². The lowest BCUT2D eigenvalue weighted by Gasteiger charge is -1.97. The molecule has 8 heteroatoms. The average molecular weight is 288 g/mol. The molecule has 0 aliphatic heterocycles. The molecule has 0 fully saturated rings. The van der Waals surface area contributed by atoms with Crippen molar-refractivity contribution in [3.05, 3.63) is 29.0 Å². The summed E-state index contributed by atoms with van der Waals surface area (Å²) < 4.78 is 30.6. The quantitative estimate of drug-likeness (QED) is 0.892. The van der Waals surface area contributed by atoms with Crippen molar-refractivity contribution >= 4 is 34.6 Å². The summed E-state index contributed by atoms with van der Waals surface area (Å²) in [6, 6.07) is 4.00. The van der Waals surface area contributed by atoms with Gasteiger partial charge in [0.15, 0.2) is 5.83 Å². The van der Waals surface area contributed by atoms with Crippen molar-refractivity contribution < 1.29 is 18.3 Å². The highest BCUT2D eigenvalue weighted by molar-refractivity contribution is 6.30. The summed E-state index contributed by atoms with van der Waals surface area (Å²) in [5.74, 6) is -1.17. The lowest BCUT2D eigenvalue weighted by atomic mass is 10.2. The molecule has 2 aromatic rings. The van der Waals surface area contributed by atoms with Crippen LogP contribution in [0.15, 0.2) is 23.5 Å². The van der Waals surface area contributed by atoms with Crippen LogP contribution in [0.25, 0.3) is 16.9 Å². The number of ether oxygens (including phenoxy) is 1. The highest BCUT2D eigenvalue weighted by Gasteiger charge is 2.11. The second-order valence-corrected chi connectivity index (χ2v) is 3.82. The van der Waals surface area contributed by atoms with E-state index in [1.54, 1.807) is 0 Å². The lowest BCUT2D eigenvalue weighted by molar-refractivity contribution is 0.199. The number of rotatable bonds is 2. The van der Waals surface area contributed by atoms with Crippen LogP contribution in [0.5, 0.6) is 6.01 Å².